The molecule has 3 N–H and O–H groups in total. The summed E-state index contributed by atoms with van der Waals surface area (Å²) < 4.78 is 0. The summed E-state index contributed by atoms with van der Waals surface area (Å²) in [5.41, 5.74) is 0. The lowest BCUT2D eigenvalue weighted by atomic mass is 10.1. The number of amides is 3. The lowest BCUT2D eigenvalue weighted by Gasteiger charge is -2.26. The summed E-state index contributed by atoms with van der Waals surface area (Å²) in [4.78, 5) is 25.0. The van der Waals surface area contributed by atoms with Gasteiger partial charge in [0.05, 0.1) is 19.2 Å². The Hall–Kier alpha value is -1.30. The second-order valence-corrected chi connectivity index (χ2v) is 4.56. The van der Waals surface area contributed by atoms with E-state index in [1.165, 1.54) is 6.42 Å². The van der Waals surface area contributed by atoms with Crippen LogP contribution in [-0.2, 0) is 4.79 Å². The van der Waals surface area contributed by atoms with E-state index in [9.17, 15) is 9.59 Å². The maximum atomic E-state index is 11.8. The summed E-state index contributed by atoms with van der Waals surface area (Å²) in [7, 11) is 0. The van der Waals surface area contributed by atoms with Crippen LogP contribution in [0.2, 0.25) is 0 Å². The third-order valence-electron chi connectivity index (χ3n) is 3.16. The first-order valence-electron chi connectivity index (χ1n) is 6.60. The van der Waals surface area contributed by atoms with Crippen molar-refractivity contribution in [2.45, 2.75) is 38.6 Å². The predicted molar refractivity (Wildman–Crippen MR) is 68.1 cm³/mol. The van der Waals surface area contributed by atoms with Gasteiger partial charge in [0.15, 0.2) is 0 Å². The first-order chi connectivity index (χ1) is 8.67. The fraction of sp³-hybridized carbons (Fsp3) is 0.833. The minimum absolute atomic E-state index is 0.0215. The Morgan fingerprint density at radius 2 is 1.94 bits per heavy atom. The molecule has 1 fully saturated rings. The molecule has 0 aromatic rings. The number of nitrogens with one attached hydrogen (secondary N) is 2. The molecular formula is C12H23N3O3. The zero-order valence-electron chi connectivity index (χ0n) is 10.9. The van der Waals surface area contributed by atoms with Gasteiger partial charge in [0.2, 0.25) is 5.91 Å². The summed E-state index contributed by atoms with van der Waals surface area (Å²) in [5, 5.41) is 14.1. The Morgan fingerprint density at radius 3 is 2.50 bits per heavy atom. The Balaban J connectivity index is 2.22. The van der Waals surface area contributed by atoms with Gasteiger partial charge in [0.1, 0.15) is 0 Å². The van der Waals surface area contributed by atoms with Gasteiger partial charge in [-0.25, -0.2) is 4.79 Å². The van der Waals surface area contributed by atoms with E-state index in [-0.39, 0.29) is 25.1 Å². The molecule has 1 aliphatic rings. The average Bonchev–Trinajstić information content (AvgIpc) is 2.43. The highest BCUT2D eigenvalue weighted by Gasteiger charge is 2.17. The van der Waals surface area contributed by atoms with Crippen LogP contribution in [-0.4, -0.2) is 54.2 Å². The van der Waals surface area contributed by atoms with E-state index in [0.717, 1.165) is 25.9 Å². The number of hydrogen-bond acceptors (Lipinski definition) is 3. The van der Waals surface area contributed by atoms with Crippen LogP contribution < -0.4 is 10.6 Å². The van der Waals surface area contributed by atoms with Crippen molar-refractivity contribution in [3.05, 3.63) is 0 Å². The van der Waals surface area contributed by atoms with Crippen LogP contribution in [0.15, 0.2) is 0 Å². The van der Waals surface area contributed by atoms with Crippen molar-refractivity contribution in [2.24, 2.45) is 0 Å². The molecule has 0 bridgehead atoms. The molecule has 0 aromatic heterocycles. The Labute approximate surface area is 108 Å². The van der Waals surface area contributed by atoms with E-state index < -0.39 is 6.03 Å². The molecule has 6 nitrogen and oxygen atoms in total. The Morgan fingerprint density at radius 1 is 1.28 bits per heavy atom. The molecule has 1 atom stereocenters. The second-order valence-electron chi connectivity index (χ2n) is 4.56. The minimum atomic E-state index is -0.402. The summed E-state index contributed by atoms with van der Waals surface area (Å²) in [5.74, 6) is -0.0399. The average molecular weight is 257 g/mol. The van der Waals surface area contributed by atoms with Crippen molar-refractivity contribution in [3.8, 4) is 0 Å². The van der Waals surface area contributed by atoms with Gasteiger partial charge in [-0.1, -0.05) is 6.92 Å². The molecule has 3 amide bonds. The number of nitrogens with zero attached hydrogens (tertiary/aromatic N) is 1. The number of urea groups is 1. The van der Waals surface area contributed by atoms with Crippen molar-refractivity contribution < 1.29 is 14.7 Å². The molecule has 0 aromatic carbocycles. The van der Waals surface area contributed by atoms with Crippen molar-refractivity contribution in [1.29, 1.82) is 0 Å². The first-order valence-corrected chi connectivity index (χ1v) is 6.60. The van der Waals surface area contributed by atoms with Crippen molar-refractivity contribution in [2.75, 3.05) is 26.2 Å². The number of hydrogen-bond donors (Lipinski definition) is 3. The quantitative estimate of drug-likeness (QED) is 0.652. The van der Waals surface area contributed by atoms with Crippen molar-refractivity contribution in [3.63, 3.8) is 0 Å². The molecule has 1 heterocycles. The van der Waals surface area contributed by atoms with Gasteiger partial charge >= 0.3 is 6.03 Å². The van der Waals surface area contributed by atoms with Crippen LogP contribution in [0.1, 0.15) is 32.6 Å². The molecule has 0 saturated carbocycles. The van der Waals surface area contributed by atoms with Gasteiger partial charge in [-0.2, -0.15) is 0 Å². The molecule has 18 heavy (non-hydrogen) atoms. The molecule has 0 unspecified atom stereocenters. The second kappa shape index (κ2) is 7.92. The molecule has 104 valence electrons. The van der Waals surface area contributed by atoms with Gasteiger partial charge in [0, 0.05) is 13.1 Å². The molecule has 1 rings (SSSR count). The molecule has 0 spiro atoms. The Kier molecular flexibility index (Phi) is 6.49. The van der Waals surface area contributed by atoms with E-state index in [0.29, 0.717) is 6.42 Å². The van der Waals surface area contributed by atoms with Crippen LogP contribution in [0.25, 0.3) is 0 Å². The van der Waals surface area contributed by atoms with Gasteiger partial charge in [-0.05, 0) is 25.7 Å². The number of aliphatic hydroxyl groups excluding tert-OH is 1. The van der Waals surface area contributed by atoms with E-state index >= 15 is 0 Å². The highest BCUT2D eigenvalue weighted by atomic mass is 16.3. The normalized spacial score (nSPS) is 17.1. The fourth-order valence-electron chi connectivity index (χ4n) is 1.92. The number of carbonyl (C=O) groups is 2. The smallest absolute Gasteiger partial charge is 0.315 e. The number of rotatable bonds is 5. The SMILES string of the molecule is CC[C@@H](CO)NC(=O)NCC(=O)N1CCCCC1. The molecular weight excluding hydrogens is 234 g/mol. The summed E-state index contributed by atoms with van der Waals surface area (Å²) in [6, 6.07) is -0.656. The summed E-state index contributed by atoms with van der Waals surface area (Å²) in [6.45, 7) is 3.38. The number of piperidine rings is 1. The monoisotopic (exact) mass is 257 g/mol. The standard InChI is InChI=1S/C12H23N3O3/c1-2-10(9-16)14-12(18)13-8-11(17)15-6-4-3-5-7-15/h10,16H,2-9H2,1H3,(H2,13,14,18)/t10-/m0/s1. The van der Waals surface area contributed by atoms with E-state index in [2.05, 4.69) is 10.6 Å². The van der Waals surface area contributed by atoms with Crippen LogP contribution in [0.5, 0.6) is 0 Å². The van der Waals surface area contributed by atoms with Crippen LogP contribution in [0.4, 0.5) is 4.79 Å². The predicted octanol–water partition coefficient (Wildman–Crippen LogP) is 0.0690. The number of aliphatic hydroxyl groups is 1. The van der Waals surface area contributed by atoms with Gasteiger partial charge in [-0.15, -0.1) is 0 Å². The largest absolute Gasteiger partial charge is 0.394 e. The number of carbonyl (C=O) groups excluding carboxylic acids is 2. The van der Waals surface area contributed by atoms with Crippen LogP contribution in [0.3, 0.4) is 0 Å². The first kappa shape index (κ1) is 14.8. The van der Waals surface area contributed by atoms with Crippen LogP contribution >= 0.6 is 0 Å². The lowest BCUT2D eigenvalue weighted by Crippen LogP contribution is -2.48. The molecule has 0 aliphatic carbocycles. The molecule has 6 heteroatoms. The van der Waals surface area contributed by atoms with Gasteiger partial charge in [-0.3, -0.25) is 4.79 Å². The van der Waals surface area contributed by atoms with E-state index in [1.54, 1.807) is 4.90 Å². The minimum Gasteiger partial charge on any atom is -0.394 e. The maximum absolute atomic E-state index is 11.8. The lowest BCUT2D eigenvalue weighted by molar-refractivity contribution is -0.130. The summed E-state index contributed by atoms with van der Waals surface area (Å²) in [6.07, 6.45) is 3.91. The van der Waals surface area contributed by atoms with Crippen LogP contribution in [0, 0.1) is 0 Å². The fourth-order valence-corrected chi connectivity index (χ4v) is 1.92. The number of likely N-dealkylation sites (tertiary alicyclic amines) is 1. The maximum Gasteiger partial charge on any atom is 0.315 e. The molecule has 0 radical (unpaired) electrons. The Bertz CT molecular complexity index is 274. The third kappa shape index (κ3) is 4.91. The third-order valence-corrected chi connectivity index (χ3v) is 3.16. The van der Waals surface area contributed by atoms with Gasteiger partial charge < -0.3 is 20.6 Å². The van der Waals surface area contributed by atoms with Crippen molar-refractivity contribution in [1.82, 2.24) is 15.5 Å². The summed E-state index contributed by atoms with van der Waals surface area (Å²) >= 11 is 0. The molecule has 1 saturated heterocycles. The highest BCUT2D eigenvalue weighted by Crippen LogP contribution is 2.08. The van der Waals surface area contributed by atoms with E-state index in [4.69, 9.17) is 5.11 Å². The zero-order valence-corrected chi connectivity index (χ0v) is 10.9. The van der Waals surface area contributed by atoms with Gasteiger partial charge in [0.25, 0.3) is 0 Å². The van der Waals surface area contributed by atoms with E-state index in [1.807, 2.05) is 6.92 Å². The molecule has 1 aliphatic heterocycles. The van der Waals surface area contributed by atoms with Crippen molar-refractivity contribution >= 4 is 11.9 Å². The topological polar surface area (TPSA) is 81.7 Å². The highest BCUT2D eigenvalue weighted by molar-refractivity contribution is 5.84. The zero-order chi connectivity index (χ0) is 13.4.